The van der Waals surface area contributed by atoms with Gasteiger partial charge >= 0.3 is 0 Å². The average molecular weight is 467 g/mol. The Balaban J connectivity index is 1.96. The molecular weight excluding hydrogens is 436 g/mol. The van der Waals surface area contributed by atoms with E-state index in [1.54, 1.807) is 14.2 Å². The third kappa shape index (κ3) is 3.44. The molecular formula is C31H30O4. The number of hydrogen-bond acceptors (Lipinski definition) is 4. The summed E-state index contributed by atoms with van der Waals surface area (Å²) in [5, 5.41) is 20.0. The highest BCUT2D eigenvalue weighted by Crippen LogP contribution is 2.57. The van der Waals surface area contributed by atoms with E-state index in [0.29, 0.717) is 11.5 Å². The summed E-state index contributed by atoms with van der Waals surface area (Å²) in [6.45, 7) is 3.96. The van der Waals surface area contributed by atoms with E-state index >= 15 is 0 Å². The predicted octanol–water partition coefficient (Wildman–Crippen LogP) is 5.67. The van der Waals surface area contributed by atoms with Crippen LogP contribution in [0.3, 0.4) is 0 Å². The number of ether oxygens (including phenoxy) is 2. The van der Waals surface area contributed by atoms with Gasteiger partial charge in [0.05, 0.1) is 32.8 Å². The molecule has 0 spiro atoms. The molecule has 1 aliphatic carbocycles. The van der Waals surface area contributed by atoms with Crippen LogP contribution in [-0.4, -0.2) is 24.4 Å². The van der Waals surface area contributed by atoms with Gasteiger partial charge in [0, 0.05) is 0 Å². The van der Waals surface area contributed by atoms with Crippen LogP contribution in [0.2, 0.25) is 0 Å². The quantitative estimate of drug-likeness (QED) is 0.339. The zero-order valence-electron chi connectivity index (χ0n) is 20.6. The third-order valence-corrected chi connectivity index (χ3v) is 7.24. The van der Waals surface area contributed by atoms with Gasteiger partial charge in [0.1, 0.15) is 0 Å². The first-order chi connectivity index (χ1) is 17.0. The zero-order valence-corrected chi connectivity index (χ0v) is 20.6. The molecule has 5 rings (SSSR count). The van der Waals surface area contributed by atoms with Crippen LogP contribution in [0.15, 0.2) is 72.8 Å². The molecule has 178 valence electrons. The Bertz CT molecular complexity index is 1310. The number of rotatable bonds is 6. The monoisotopic (exact) mass is 466 g/mol. The van der Waals surface area contributed by atoms with Crippen LogP contribution in [0.5, 0.6) is 11.5 Å². The van der Waals surface area contributed by atoms with Crippen LogP contribution in [-0.2, 0) is 18.6 Å². The summed E-state index contributed by atoms with van der Waals surface area (Å²) in [4.78, 5) is 0. The lowest BCUT2D eigenvalue weighted by Gasteiger charge is -2.35. The van der Waals surface area contributed by atoms with Crippen molar-refractivity contribution in [3.63, 3.8) is 0 Å². The highest BCUT2D eigenvalue weighted by molar-refractivity contribution is 5.87. The molecule has 0 aromatic heterocycles. The fraction of sp³-hybridized carbons (Fsp3) is 0.226. The highest BCUT2D eigenvalue weighted by atomic mass is 16.5. The van der Waals surface area contributed by atoms with Crippen LogP contribution in [0.4, 0.5) is 0 Å². The van der Waals surface area contributed by atoms with Crippen molar-refractivity contribution in [3.05, 3.63) is 117 Å². The third-order valence-electron chi connectivity index (χ3n) is 7.24. The maximum atomic E-state index is 10.2. The summed E-state index contributed by atoms with van der Waals surface area (Å²) in [5.41, 5.74) is 9.99. The molecule has 0 saturated heterocycles. The smallest absolute Gasteiger partial charge is 0.161 e. The number of aryl methyl sites for hydroxylation is 2. The molecule has 0 saturated carbocycles. The van der Waals surface area contributed by atoms with Gasteiger partial charge in [0.15, 0.2) is 11.5 Å². The Hall–Kier alpha value is -3.60. The second kappa shape index (κ2) is 8.88. The molecule has 4 aromatic carbocycles. The largest absolute Gasteiger partial charge is 0.493 e. The Morgan fingerprint density at radius 2 is 1.14 bits per heavy atom. The van der Waals surface area contributed by atoms with E-state index in [2.05, 4.69) is 68.4 Å². The summed E-state index contributed by atoms with van der Waals surface area (Å²) in [5.74, 6) is 1.33. The molecule has 35 heavy (non-hydrogen) atoms. The van der Waals surface area contributed by atoms with Crippen molar-refractivity contribution in [1.82, 2.24) is 0 Å². The fourth-order valence-corrected chi connectivity index (χ4v) is 5.57. The summed E-state index contributed by atoms with van der Waals surface area (Å²) in [6.07, 6.45) is 0. The van der Waals surface area contributed by atoms with E-state index in [9.17, 15) is 10.2 Å². The van der Waals surface area contributed by atoms with Crippen LogP contribution in [0.1, 0.15) is 44.5 Å². The zero-order chi connectivity index (χ0) is 24.7. The SMILES string of the molecule is COc1ccc(C2(c3ccc(CO)c(CO)c3)c3cc(C)ccc3-c3ccc(C)cc32)cc1OC. The number of fused-ring (bicyclic) bond motifs is 3. The lowest BCUT2D eigenvalue weighted by Crippen LogP contribution is -2.29. The first-order valence-electron chi connectivity index (χ1n) is 11.8. The van der Waals surface area contributed by atoms with Gasteiger partial charge in [-0.25, -0.2) is 0 Å². The number of aliphatic hydroxyl groups is 2. The van der Waals surface area contributed by atoms with Crippen molar-refractivity contribution in [3.8, 4) is 22.6 Å². The lowest BCUT2D eigenvalue weighted by molar-refractivity contribution is 0.260. The first-order valence-corrected chi connectivity index (χ1v) is 11.8. The standard InChI is InChI=1S/C31H30O4/c1-19-5-10-25-26-11-6-20(2)14-28(26)31(27(25)13-19,23-8-7-21(17-32)22(15-23)18-33)24-9-12-29(34-3)30(16-24)35-4/h5-16,32-33H,17-18H2,1-4H3. The molecule has 0 atom stereocenters. The van der Waals surface area contributed by atoms with E-state index in [4.69, 9.17) is 9.47 Å². The van der Waals surface area contributed by atoms with E-state index in [0.717, 1.165) is 22.3 Å². The molecule has 0 fully saturated rings. The minimum absolute atomic E-state index is 0.120. The first kappa shape index (κ1) is 23.2. The Labute approximate surface area is 206 Å². The normalized spacial score (nSPS) is 13.3. The van der Waals surface area contributed by atoms with Gasteiger partial charge in [-0.05, 0) is 70.5 Å². The van der Waals surface area contributed by atoms with Crippen molar-refractivity contribution in [2.24, 2.45) is 0 Å². The van der Waals surface area contributed by atoms with Gasteiger partial charge in [-0.15, -0.1) is 0 Å². The molecule has 4 aromatic rings. The number of benzene rings is 4. The van der Waals surface area contributed by atoms with E-state index in [-0.39, 0.29) is 13.2 Å². The van der Waals surface area contributed by atoms with Crippen LogP contribution in [0.25, 0.3) is 11.1 Å². The van der Waals surface area contributed by atoms with Gasteiger partial charge in [-0.1, -0.05) is 71.8 Å². The van der Waals surface area contributed by atoms with Crippen LogP contribution in [0, 0.1) is 13.8 Å². The molecule has 0 unspecified atom stereocenters. The summed E-state index contributed by atoms with van der Waals surface area (Å²) >= 11 is 0. The fourth-order valence-electron chi connectivity index (χ4n) is 5.57. The van der Waals surface area contributed by atoms with Gasteiger partial charge in [-0.3, -0.25) is 0 Å². The van der Waals surface area contributed by atoms with Crippen LogP contribution < -0.4 is 9.47 Å². The minimum atomic E-state index is -0.639. The van der Waals surface area contributed by atoms with E-state index in [1.165, 1.54) is 33.4 Å². The van der Waals surface area contributed by atoms with Crippen molar-refractivity contribution in [2.45, 2.75) is 32.5 Å². The van der Waals surface area contributed by atoms with E-state index in [1.807, 2.05) is 18.2 Å². The molecule has 0 radical (unpaired) electrons. The number of methoxy groups -OCH3 is 2. The molecule has 0 heterocycles. The van der Waals surface area contributed by atoms with Crippen molar-refractivity contribution < 1.29 is 19.7 Å². The van der Waals surface area contributed by atoms with Crippen molar-refractivity contribution in [2.75, 3.05) is 14.2 Å². The molecule has 0 aliphatic heterocycles. The number of hydrogen-bond donors (Lipinski definition) is 2. The van der Waals surface area contributed by atoms with Gasteiger partial charge in [0.25, 0.3) is 0 Å². The summed E-state index contributed by atoms with van der Waals surface area (Å²) in [6, 6.07) is 25.4. The van der Waals surface area contributed by atoms with Gasteiger partial charge in [-0.2, -0.15) is 0 Å². The van der Waals surface area contributed by atoms with E-state index < -0.39 is 5.41 Å². The molecule has 0 amide bonds. The maximum Gasteiger partial charge on any atom is 0.161 e. The molecule has 2 N–H and O–H groups in total. The summed E-state index contributed by atoms with van der Waals surface area (Å²) in [7, 11) is 3.29. The predicted molar refractivity (Wildman–Crippen MR) is 138 cm³/mol. The Morgan fingerprint density at radius 3 is 1.69 bits per heavy atom. The second-order valence-electron chi connectivity index (χ2n) is 9.22. The topological polar surface area (TPSA) is 58.9 Å². The summed E-state index contributed by atoms with van der Waals surface area (Å²) < 4.78 is 11.3. The molecule has 0 bridgehead atoms. The van der Waals surface area contributed by atoms with Crippen molar-refractivity contribution in [1.29, 1.82) is 0 Å². The van der Waals surface area contributed by atoms with Gasteiger partial charge in [0.2, 0.25) is 0 Å². The lowest BCUT2D eigenvalue weighted by atomic mass is 9.67. The van der Waals surface area contributed by atoms with Crippen LogP contribution >= 0.6 is 0 Å². The maximum absolute atomic E-state index is 10.2. The highest BCUT2D eigenvalue weighted by Gasteiger charge is 2.46. The minimum Gasteiger partial charge on any atom is -0.493 e. The second-order valence-corrected chi connectivity index (χ2v) is 9.22. The molecule has 4 heteroatoms. The Kier molecular flexibility index (Phi) is 5.87. The Morgan fingerprint density at radius 1 is 0.600 bits per heavy atom. The average Bonchev–Trinajstić information content (AvgIpc) is 3.16. The number of aliphatic hydroxyl groups excluding tert-OH is 2. The van der Waals surface area contributed by atoms with Crippen molar-refractivity contribution >= 4 is 0 Å². The van der Waals surface area contributed by atoms with Gasteiger partial charge < -0.3 is 19.7 Å². The molecule has 4 nitrogen and oxygen atoms in total. The molecule has 1 aliphatic rings.